The van der Waals surface area contributed by atoms with Crippen molar-refractivity contribution in [2.75, 3.05) is 27.4 Å². The van der Waals surface area contributed by atoms with E-state index in [0.29, 0.717) is 24.7 Å². The molecule has 0 aromatic heterocycles. The Morgan fingerprint density at radius 2 is 1.00 bits per heavy atom. The zero-order valence-corrected chi connectivity index (χ0v) is 22.2. The molecule has 0 radical (unpaired) electrons. The lowest BCUT2D eigenvalue weighted by Crippen LogP contribution is -2.02. The second-order valence-electron chi connectivity index (χ2n) is 8.69. The molecule has 38 heavy (non-hydrogen) atoms. The summed E-state index contributed by atoms with van der Waals surface area (Å²) < 4.78 is 20.5. The van der Waals surface area contributed by atoms with Crippen LogP contribution in [0.15, 0.2) is 48.6 Å². The monoisotopic (exact) mass is 526 g/mol. The number of carbonyl (C=O) groups excluding carboxylic acids is 2. The van der Waals surface area contributed by atoms with E-state index in [1.165, 1.54) is 38.5 Å². The average molecular weight is 527 g/mol. The first-order chi connectivity index (χ1) is 18.4. The van der Waals surface area contributed by atoms with Gasteiger partial charge in [0.25, 0.3) is 0 Å². The highest BCUT2D eigenvalue weighted by atomic mass is 16.5. The van der Waals surface area contributed by atoms with Crippen LogP contribution < -0.4 is 9.47 Å². The number of hydrogen-bond acceptors (Lipinski definition) is 8. The van der Waals surface area contributed by atoms with E-state index in [2.05, 4.69) is 0 Å². The molecular weight excluding hydrogens is 488 g/mol. The maximum atomic E-state index is 11.8. The summed E-state index contributed by atoms with van der Waals surface area (Å²) in [7, 11) is 2.94. The van der Waals surface area contributed by atoms with Gasteiger partial charge in [0.05, 0.1) is 27.4 Å². The van der Waals surface area contributed by atoms with Crippen molar-refractivity contribution in [1.29, 1.82) is 0 Å². The molecule has 8 heteroatoms. The van der Waals surface area contributed by atoms with Crippen LogP contribution in [-0.4, -0.2) is 49.6 Å². The van der Waals surface area contributed by atoms with Crippen LogP contribution >= 0.6 is 0 Å². The summed E-state index contributed by atoms with van der Waals surface area (Å²) >= 11 is 0. The molecule has 206 valence electrons. The molecule has 0 unspecified atom stereocenters. The van der Waals surface area contributed by atoms with Crippen molar-refractivity contribution in [3.63, 3.8) is 0 Å². The zero-order valence-electron chi connectivity index (χ0n) is 22.2. The Labute approximate surface area is 224 Å². The average Bonchev–Trinajstić information content (AvgIpc) is 2.92. The van der Waals surface area contributed by atoms with Gasteiger partial charge in [-0.2, -0.15) is 0 Å². The van der Waals surface area contributed by atoms with Crippen molar-refractivity contribution in [2.24, 2.45) is 0 Å². The van der Waals surface area contributed by atoms with E-state index in [-0.39, 0.29) is 11.5 Å². The molecule has 0 aliphatic heterocycles. The van der Waals surface area contributed by atoms with Gasteiger partial charge in [0.2, 0.25) is 0 Å². The second-order valence-corrected chi connectivity index (χ2v) is 8.69. The number of aromatic hydroxyl groups is 2. The molecule has 0 fully saturated rings. The molecule has 0 atom stereocenters. The molecule has 0 heterocycles. The van der Waals surface area contributed by atoms with Gasteiger partial charge in [-0.25, -0.2) is 9.59 Å². The van der Waals surface area contributed by atoms with Gasteiger partial charge < -0.3 is 29.2 Å². The van der Waals surface area contributed by atoms with E-state index in [4.69, 9.17) is 18.9 Å². The number of carbonyl (C=O) groups is 2. The van der Waals surface area contributed by atoms with E-state index < -0.39 is 11.9 Å². The maximum Gasteiger partial charge on any atom is 0.330 e. The minimum atomic E-state index is -0.395. The van der Waals surface area contributed by atoms with Crippen LogP contribution in [0.25, 0.3) is 12.2 Å². The summed E-state index contributed by atoms with van der Waals surface area (Å²) in [6.07, 6.45) is 14.1. The third-order valence-electron chi connectivity index (χ3n) is 5.76. The standard InChI is InChI=1S/C30H38O8/c1-35-27-21-23(11-15-25(27)31)13-17-29(33)37-19-9-7-5-3-4-6-8-10-20-38-30(34)18-14-24-12-16-26(32)28(22-24)36-2/h11-18,21-22,31-32H,3-10,19-20H2,1-2H3/b17-13+,18-14+. The molecular formula is C30H38O8. The predicted octanol–water partition coefficient (Wildman–Crippen LogP) is 6.05. The van der Waals surface area contributed by atoms with Gasteiger partial charge in [-0.15, -0.1) is 0 Å². The fourth-order valence-electron chi connectivity index (χ4n) is 3.63. The Morgan fingerprint density at radius 3 is 1.37 bits per heavy atom. The highest BCUT2D eigenvalue weighted by molar-refractivity contribution is 5.87. The molecule has 0 saturated heterocycles. The molecule has 0 aliphatic carbocycles. The van der Waals surface area contributed by atoms with Gasteiger partial charge in [-0.1, -0.05) is 50.7 Å². The number of methoxy groups -OCH3 is 2. The molecule has 0 saturated carbocycles. The number of benzene rings is 2. The van der Waals surface area contributed by atoms with Gasteiger partial charge >= 0.3 is 11.9 Å². The summed E-state index contributed by atoms with van der Waals surface area (Å²) in [5.41, 5.74) is 1.47. The maximum absolute atomic E-state index is 11.8. The summed E-state index contributed by atoms with van der Waals surface area (Å²) in [5, 5.41) is 19.2. The third-order valence-corrected chi connectivity index (χ3v) is 5.76. The molecule has 0 spiro atoms. The molecule has 2 N–H and O–H groups in total. The fraction of sp³-hybridized carbons (Fsp3) is 0.400. The fourth-order valence-corrected chi connectivity index (χ4v) is 3.63. The minimum Gasteiger partial charge on any atom is -0.504 e. The smallest absolute Gasteiger partial charge is 0.330 e. The van der Waals surface area contributed by atoms with Crippen LogP contribution in [0, 0.1) is 0 Å². The Bertz CT molecular complexity index is 988. The number of phenols is 2. The van der Waals surface area contributed by atoms with Crippen molar-refractivity contribution >= 4 is 24.1 Å². The van der Waals surface area contributed by atoms with E-state index in [1.807, 2.05) is 0 Å². The van der Waals surface area contributed by atoms with Crippen LogP contribution in [0.1, 0.15) is 62.5 Å². The lowest BCUT2D eigenvalue weighted by molar-refractivity contribution is -0.138. The Hall–Kier alpha value is -3.94. The highest BCUT2D eigenvalue weighted by Crippen LogP contribution is 2.27. The van der Waals surface area contributed by atoms with Crippen molar-refractivity contribution in [3.05, 3.63) is 59.7 Å². The normalized spacial score (nSPS) is 11.1. The highest BCUT2D eigenvalue weighted by Gasteiger charge is 2.03. The van der Waals surface area contributed by atoms with Crippen LogP contribution in [0.4, 0.5) is 0 Å². The van der Waals surface area contributed by atoms with Gasteiger partial charge in [-0.05, 0) is 60.4 Å². The molecule has 0 amide bonds. The van der Waals surface area contributed by atoms with E-state index in [9.17, 15) is 19.8 Å². The molecule has 2 rings (SSSR count). The number of phenolic OH excluding ortho intramolecular Hbond substituents is 2. The van der Waals surface area contributed by atoms with Crippen LogP contribution in [0.5, 0.6) is 23.0 Å². The first kappa shape index (κ1) is 30.3. The predicted molar refractivity (Wildman–Crippen MR) is 146 cm³/mol. The van der Waals surface area contributed by atoms with Gasteiger partial charge in [0, 0.05) is 12.2 Å². The number of unbranched alkanes of at least 4 members (excludes halogenated alkanes) is 7. The largest absolute Gasteiger partial charge is 0.504 e. The lowest BCUT2D eigenvalue weighted by Gasteiger charge is -2.05. The van der Waals surface area contributed by atoms with E-state index >= 15 is 0 Å². The van der Waals surface area contributed by atoms with E-state index in [0.717, 1.165) is 62.5 Å². The summed E-state index contributed by atoms with van der Waals surface area (Å²) in [4.78, 5) is 23.7. The Balaban J connectivity index is 1.43. The Kier molecular flexibility index (Phi) is 14.0. The molecule has 0 aliphatic rings. The first-order valence-corrected chi connectivity index (χ1v) is 12.9. The summed E-state index contributed by atoms with van der Waals surface area (Å²) in [6.45, 7) is 0.782. The lowest BCUT2D eigenvalue weighted by atomic mass is 10.1. The van der Waals surface area contributed by atoms with Crippen molar-refractivity contribution < 1.29 is 38.7 Å². The molecule has 2 aromatic rings. The number of rotatable bonds is 17. The van der Waals surface area contributed by atoms with Crippen molar-refractivity contribution in [2.45, 2.75) is 51.4 Å². The number of ether oxygens (including phenoxy) is 4. The van der Waals surface area contributed by atoms with Crippen LogP contribution in [0.3, 0.4) is 0 Å². The third kappa shape index (κ3) is 11.9. The Morgan fingerprint density at radius 1 is 0.632 bits per heavy atom. The quantitative estimate of drug-likeness (QED) is 0.146. The SMILES string of the molecule is COc1cc(/C=C/C(=O)OCCCCCCCCCCOC(=O)/C=C/c2ccc(O)c(OC)c2)ccc1O. The van der Waals surface area contributed by atoms with Crippen LogP contribution in [0.2, 0.25) is 0 Å². The minimum absolute atomic E-state index is 0.0480. The number of esters is 2. The van der Waals surface area contributed by atoms with E-state index in [1.54, 1.807) is 36.4 Å². The topological polar surface area (TPSA) is 112 Å². The van der Waals surface area contributed by atoms with Crippen LogP contribution in [-0.2, 0) is 19.1 Å². The van der Waals surface area contributed by atoms with Crippen molar-refractivity contribution in [3.8, 4) is 23.0 Å². The molecule has 8 nitrogen and oxygen atoms in total. The summed E-state index contributed by atoms with van der Waals surface area (Å²) in [5.74, 6) is 0.00392. The summed E-state index contributed by atoms with van der Waals surface area (Å²) in [6, 6.07) is 9.68. The van der Waals surface area contributed by atoms with Gasteiger partial charge in [-0.3, -0.25) is 0 Å². The zero-order chi connectivity index (χ0) is 27.6. The second kappa shape index (κ2) is 17.5. The van der Waals surface area contributed by atoms with Gasteiger partial charge in [0.1, 0.15) is 0 Å². The van der Waals surface area contributed by atoms with Crippen molar-refractivity contribution in [1.82, 2.24) is 0 Å². The first-order valence-electron chi connectivity index (χ1n) is 12.9. The van der Waals surface area contributed by atoms with Gasteiger partial charge in [0.15, 0.2) is 23.0 Å². The molecule has 0 bridgehead atoms. The molecule has 2 aromatic carbocycles. The number of hydrogen-bond donors (Lipinski definition) is 2.